The average Bonchev–Trinajstić information content (AvgIpc) is 3.17. The average molecular weight is 387 g/mol. The van der Waals surface area contributed by atoms with Gasteiger partial charge < -0.3 is 9.32 Å². The molecule has 5 nitrogen and oxygen atoms in total. The van der Waals surface area contributed by atoms with E-state index >= 15 is 0 Å². The molecule has 0 atom stereocenters. The minimum atomic E-state index is -0.0628. The second-order valence-electron chi connectivity index (χ2n) is 7.84. The van der Waals surface area contributed by atoms with Gasteiger partial charge in [0.15, 0.2) is 5.76 Å². The summed E-state index contributed by atoms with van der Waals surface area (Å²) in [5.74, 6) is 0.339. The number of carbonyl (C=O) groups excluding carboxylic acids is 1. The van der Waals surface area contributed by atoms with Gasteiger partial charge in [-0.3, -0.25) is 9.69 Å². The lowest BCUT2D eigenvalue weighted by molar-refractivity contribution is 0.0608. The quantitative estimate of drug-likeness (QED) is 0.668. The summed E-state index contributed by atoms with van der Waals surface area (Å²) in [6, 6.07) is 18.0. The minimum Gasteiger partial charge on any atom is -0.451 e. The molecule has 29 heavy (non-hydrogen) atoms. The Morgan fingerprint density at radius 3 is 2.72 bits per heavy atom. The van der Waals surface area contributed by atoms with Gasteiger partial charge in [0.05, 0.1) is 11.6 Å². The van der Waals surface area contributed by atoms with Gasteiger partial charge in [-0.2, -0.15) is 5.26 Å². The molecular formula is C24H25N3O2. The van der Waals surface area contributed by atoms with Crippen LogP contribution in [0.2, 0.25) is 0 Å². The minimum absolute atomic E-state index is 0.0628. The van der Waals surface area contributed by atoms with Crippen molar-refractivity contribution in [2.45, 2.75) is 32.4 Å². The summed E-state index contributed by atoms with van der Waals surface area (Å²) in [7, 11) is 1.87. The lowest BCUT2D eigenvalue weighted by Gasteiger charge is -2.36. The van der Waals surface area contributed by atoms with Crippen LogP contribution in [0.25, 0.3) is 11.0 Å². The first-order valence-corrected chi connectivity index (χ1v) is 10.0. The number of hydrogen-bond donors (Lipinski definition) is 0. The predicted octanol–water partition coefficient (Wildman–Crippen LogP) is 4.35. The second-order valence-corrected chi connectivity index (χ2v) is 7.84. The first kappa shape index (κ1) is 19.2. The van der Waals surface area contributed by atoms with Crippen molar-refractivity contribution in [2.75, 3.05) is 20.1 Å². The molecule has 0 unspecified atom stereocenters. The van der Waals surface area contributed by atoms with E-state index in [-0.39, 0.29) is 11.9 Å². The largest absolute Gasteiger partial charge is 0.451 e. The topological polar surface area (TPSA) is 60.5 Å². The summed E-state index contributed by atoms with van der Waals surface area (Å²) in [4.78, 5) is 17.1. The first-order valence-electron chi connectivity index (χ1n) is 10.0. The summed E-state index contributed by atoms with van der Waals surface area (Å²) in [5.41, 5.74) is 3.70. The number of benzene rings is 2. The molecule has 0 saturated carbocycles. The number of aryl methyl sites for hydroxylation is 1. The zero-order valence-electron chi connectivity index (χ0n) is 16.9. The maximum atomic E-state index is 12.9. The molecule has 0 bridgehead atoms. The monoisotopic (exact) mass is 387 g/mol. The van der Waals surface area contributed by atoms with Crippen molar-refractivity contribution in [3.8, 4) is 6.07 Å². The van der Waals surface area contributed by atoms with Crippen molar-refractivity contribution < 1.29 is 9.21 Å². The van der Waals surface area contributed by atoms with Crippen molar-refractivity contribution in [2.24, 2.45) is 0 Å². The SMILES string of the molecule is Cc1ccc2oc(C(=O)N(C)C3CCN(Cc4ccccc4C#N)CC3)cc2c1. The molecule has 148 valence electrons. The normalized spacial score (nSPS) is 15.3. The highest BCUT2D eigenvalue weighted by Crippen LogP contribution is 2.24. The third-order valence-corrected chi connectivity index (χ3v) is 5.84. The Hall–Kier alpha value is -3.10. The smallest absolute Gasteiger partial charge is 0.289 e. The van der Waals surface area contributed by atoms with E-state index in [4.69, 9.17) is 4.42 Å². The molecule has 2 heterocycles. The number of likely N-dealkylation sites (tertiary alicyclic amines) is 1. The molecule has 2 aromatic carbocycles. The van der Waals surface area contributed by atoms with Crippen LogP contribution in [0.3, 0.4) is 0 Å². The van der Waals surface area contributed by atoms with Crippen LogP contribution in [0.5, 0.6) is 0 Å². The Balaban J connectivity index is 1.38. The molecule has 1 fully saturated rings. The van der Waals surface area contributed by atoms with E-state index in [1.165, 1.54) is 0 Å². The third-order valence-electron chi connectivity index (χ3n) is 5.84. The number of piperidine rings is 1. The molecule has 0 aliphatic carbocycles. The number of nitrogens with zero attached hydrogens (tertiary/aromatic N) is 3. The molecule has 0 spiro atoms. The Bertz CT molecular complexity index is 1070. The molecule has 1 aromatic heterocycles. The van der Waals surface area contributed by atoms with E-state index in [1.807, 2.05) is 67.4 Å². The van der Waals surface area contributed by atoms with Crippen LogP contribution in [0.15, 0.2) is 52.9 Å². The van der Waals surface area contributed by atoms with Gasteiger partial charge in [-0.05, 0) is 49.6 Å². The maximum Gasteiger partial charge on any atom is 0.289 e. The summed E-state index contributed by atoms with van der Waals surface area (Å²) >= 11 is 0. The lowest BCUT2D eigenvalue weighted by Crippen LogP contribution is -2.45. The standard InChI is InChI=1S/C24H25N3O2/c1-17-7-8-22-20(13-17)14-23(29-22)24(28)26(2)21-9-11-27(12-10-21)16-19-6-4-3-5-18(19)15-25/h3-8,13-14,21H,9-12,16H2,1-2H3. The fourth-order valence-electron chi connectivity index (χ4n) is 4.08. The summed E-state index contributed by atoms with van der Waals surface area (Å²) < 4.78 is 5.79. The van der Waals surface area contributed by atoms with Crippen molar-refractivity contribution in [3.63, 3.8) is 0 Å². The van der Waals surface area contributed by atoms with E-state index in [0.717, 1.165) is 60.1 Å². The zero-order chi connectivity index (χ0) is 20.4. The summed E-state index contributed by atoms with van der Waals surface area (Å²) in [6.07, 6.45) is 1.83. The molecule has 1 aliphatic rings. The van der Waals surface area contributed by atoms with Crippen LogP contribution in [0.4, 0.5) is 0 Å². The number of fused-ring (bicyclic) bond motifs is 1. The molecule has 1 saturated heterocycles. The van der Waals surface area contributed by atoms with Crippen LogP contribution >= 0.6 is 0 Å². The van der Waals surface area contributed by atoms with Crippen molar-refractivity contribution in [1.82, 2.24) is 9.80 Å². The number of rotatable bonds is 4. The molecule has 5 heteroatoms. The molecule has 0 radical (unpaired) electrons. The Morgan fingerprint density at radius 2 is 1.97 bits per heavy atom. The number of carbonyl (C=O) groups is 1. The van der Waals surface area contributed by atoms with E-state index in [2.05, 4.69) is 11.0 Å². The van der Waals surface area contributed by atoms with Gasteiger partial charge in [0, 0.05) is 38.1 Å². The van der Waals surface area contributed by atoms with E-state index in [9.17, 15) is 10.1 Å². The highest BCUT2D eigenvalue weighted by Gasteiger charge is 2.27. The Labute approximate surface area is 171 Å². The van der Waals surface area contributed by atoms with Crippen molar-refractivity contribution in [3.05, 3.63) is 71.0 Å². The summed E-state index contributed by atoms with van der Waals surface area (Å²) in [5, 5.41) is 10.2. The highest BCUT2D eigenvalue weighted by atomic mass is 16.3. The number of nitriles is 1. The van der Waals surface area contributed by atoms with Gasteiger partial charge in [-0.1, -0.05) is 29.8 Å². The van der Waals surface area contributed by atoms with Gasteiger partial charge in [-0.25, -0.2) is 0 Å². The van der Waals surface area contributed by atoms with Gasteiger partial charge in [-0.15, -0.1) is 0 Å². The van der Waals surface area contributed by atoms with E-state index in [0.29, 0.717) is 5.76 Å². The second kappa shape index (κ2) is 8.10. The van der Waals surface area contributed by atoms with Gasteiger partial charge in [0.2, 0.25) is 0 Å². The summed E-state index contributed by atoms with van der Waals surface area (Å²) in [6.45, 7) is 4.61. The van der Waals surface area contributed by atoms with Crippen LogP contribution < -0.4 is 0 Å². The van der Waals surface area contributed by atoms with Gasteiger partial charge >= 0.3 is 0 Å². The molecule has 0 N–H and O–H groups in total. The fraction of sp³-hybridized carbons (Fsp3) is 0.333. The highest BCUT2D eigenvalue weighted by molar-refractivity contribution is 5.96. The van der Waals surface area contributed by atoms with Crippen molar-refractivity contribution >= 4 is 16.9 Å². The van der Waals surface area contributed by atoms with Crippen LogP contribution in [0.1, 0.15) is 40.1 Å². The van der Waals surface area contributed by atoms with Gasteiger partial charge in [0.25, 0.3) is 5.91 Å². The molecule has 1 amide bonds. The lowest BCUT2D eigenvalue weighted by atomic mass is 10.0. The fourth-order valence-corrected chi connectivity index (χ4v) is 4.08. The Kier molecular flexibility index (Phi) is 5.37. The first-order chi connectivity index (χ1) is 14.0. The number of hydrogen-bond acceptors (Lipinski definition) is 4. The van der Waals surface area contributed by atoms with Crippen molar-refractivity contribution in [1.29, 1.82) is 5.26 Å². The van der Waals surface area contributed by atoms with Crippen LogP contribution in [-0.2, 0) is 6.54 Å². The molecule has 3 aromatic rings. The number of amides is 1. The Morgan fingerprint density at radius 1 is 1.21 bits per heavy atom. The van der Waals surface area contributed by atoms with Gasteiger partial charge in [0.1, 0.15) is 5.58 Å². The maximum absolute atomic E-state index is 12.9. The van der Waals surface area contributed by atoms with E-state index < -0.39 is 0 Å². The molecule has 1 aliphatic heterocycles. The third kappa shape index (κ3) is 4.03. The van der Waals surface area contributed by atoms with E-state index in [1.54, 1.807) is 0 Å². The molecule has 4 rings (SSSR count). The van der Waals surface area contributed by atoms with Crippen LogP contribution in [0, 0.1) is 18.3 Å². The molecular weight excluding hydrogens is 362 g/mol. The number of furan rings is 1. The zero-order valence-corrected chi connectivity index (χ0v) is 16.9. The predicted molar refractivity (Wildman–Crippen MR) is 113 cm³/mol. The van der Waals surface area contributed by atoms with Crippen LogP contribution in [-0.4, -0.2) is 41.9 Å².